The van der Waals surface area contributed by atoms with Crippen LogP contribution in [0.25, 0.3) is 0 Å². The fraction of sp³-hybridized carbons (Fsp3) is 0.571. The summed E-state index contributed by atoms with van der Waals surface area (Å²) in [6.45, 7) is 0.946. The summed E-state index contributed by atoms with van der Waals surface area (Å²) in [5.74, 6) is 2.59. The second-order valence-electron chi connectivity index (χ2n) is 7.70. The van der Waals surface area contributed by atoms with Crippen LogP contribution in [0.5, 0.6) is 11.5 Å². The fourth-order valence-electron chi connectivity index (χ4n) is 5.47. The molecule has 4 rings (SSSR count). The summed E-state index contributed by atoms with van der Waals surface area (Å²) in [6.07, 6.45) is 2.19. The predicted octanol–water partition coefficient (Wildman–Crippen LogP) is 2.30. The first-order valence-electron chi connectivity index (χ1n) is 9.31. The minimum absolute atomic E-state index is 0.0107. The number of rotatable bonds is 4. The van der Waals surface area contributed by atoms with Crippen molar-refractivity contribution in [1.82, 2.24) is 4.90 Å². The molecule has 3 atom stereocenters. The van der Waals surface area contributed by atoms with Crippen LogP contribution < -0.4 is 9.47 Å². The quantitative estimate of drug-likeness (QED) is 0.807. The van der Waals surface area contributed by atoms with Crippen LogP contribution in [-0.4, -0.2) is 58.8 Å². The Bertz CT molecular complexity index is 817. The largest absolute Gasteiger partial charge is 0.497 e. The minimum Gasteiger partial charge on any atom is -0.497 e. The highest BCUT2D eigenvalue weighted by molar-refractivity contribution is 5.96. The normalized spacial score (nSPS) is 29.7. The Labute approximate surface area is 160 Å². The van der Waals surface area contributed by atoms with E-state index in [1.165, 1.54) is 11.1 Å². The zero-order valence-electron chi connectivity index (χ0n) is 16.6. The topological polar surface area (TPSA) is 57.2 Å². The monoisotopic (exact) mass is 373 g/mol. The van der Waals surface area contributed by atoms with E-state index < -0.39 is 0 Å². The van der Waals surface area contributed by atoms with Gasteiger partial charge >= 0.3 is 0 Å². The molecule has 3 aliphatic rings. The van der Waals surface area contributed by atoms with E-state index in [1.54, 1.807) is 28.4 Å². The highest BCUT2D eigenvalue weighted by atomic mass is 16.5. The standard InChI is InChI=1S/C21H27NO5/c1-22-7-6-21-11-15(23)19(26-4)20(27-5)18(21)14(22)8-12-9-16(24-2)17(25-3)10-13(12)21/h9-10,14,18H,6-8,11H2,1-5H3/t14-,18+,21-/m1/s1. The molecule has 0 unspecified atom stereocenters. The molecule has 1 heterocycles. The summed E-state index contributed by atoms with van der Waals surface area (Å²) < 4.78 is 22.3. The van der Waals surface area contributed by atoms with E-state index in [4.69, 9.17) is 18.9 Å². The minimum atomic E-state index is -0.297. The summed E-state index contributed by atoms with van der Waals surface area (Å²) in [5, 5.41) is 0. The summed E-state index contributed by atoms with van der Waals surface area (Å²) >= 11 is 0. The molecule has 2 aliphatic carbocycles. The average Bonchev–Trinajstić information content (AvgIpc) is 2.68. The molecule has 0 spiro atoms. The van der Waals surface area contributed by atoms with E-state index in [0.29, 0.717) is 23.7 Å². The molecule has 146 valence electrons. The smallest absolute Gasteiger partial charge is 0.201 e. The number of hydrogen-bond donors (Lipinski definition) is 0. The second-order valence-corrected chi connectivity index (χ2v) is 7.70. The number of fused-ring (bicyclic) bond motifs is 1. The molecule has 1 aromatic rings. The average molecular weight is 373 g/mol. The van der Waals surface area contributed by atoms with Gasteiger partial charge in [-0.25, -0.2) is 0 Å². The van der Waals surface area contributed by atoms with Crippen LogP contribution in [0.1, 0.15) is 24.0 Å². The van der Waals surface area contributed by atoms with Crippen LogP contribution in [0.3, 0.4) is 0 Å². The van der Waals surface area contributed by atoms with Gasteiger partial charge in [-0.1, -0.05) is 0 Å². The first-order valence-corrected chi connectivity index (χ1v) is 9.31. The maximum absolute atomic E-state index is 13.0. The molecule has 1 saturated heterocycles. The van der Waals surface area contributed by atoms with Gasteiger partial charge in [0.25, 0.3) is 0 Å². The van der Waals surface area contributed by atoms with E-state index in [0.717, 1.165) is 25.1 Å². The van der Waals surface area contributed by atoms with Gasteiger partial charge in [-0.3, -0.25) is 4.79 Å². The third-order valence-corrected chi connectivity index (χ3v) is 6.69. The number of Topliss-reactive ketones (excluding diaryl/α,β-unsaturated/α-hetero) is 1. The highest BCUT2D eigenvalue weighted by Gasteiger charge is 2.59. The number of likely N-dealkylation sites (N-methyl/N-ethyl adjacent to an activating group) is 1. The Hall–Kier alpha value is -2.21. The van der Waals surface area contributed by atoms with E-state index in [1.807, 2.05) is 0 Å². The van der Waals surface area contributed by atoms with Crippen LogP contribution >= 0.6 is 0 Å². The maximum Gasteiger partial charge on any atom is 0.201 e. The van der Waals surface area contributed by atoms with Gasteiger partial charge in [0.1, 0.15) is 5.76 Å². The van der Waals surface area contributed by atoms with Gasteiger partial charge in [0.05, 0.1) is 28.4 Å². The zero-order chi connectivity index (χ0) is 19.3. The number of carbonyl (C=O) groups is 1. The Kier molecular flexibility index (Phi) is 4.34. The van der Waals surface area contributed by atoms with Gasteiger partial charge in [0, 0.05) is 23.8 Å². The first-order chi connectivity index (χ1) is 13.0. The lowest BCUT2D eigenvalue weighted by Crippen LogP contribution is -2.61. The Morgan fingerprint density at radius 3 is 2.37 bits per heavy atom. The highest BCUT2D eigenvalue weighted by Crippen LogP contribution is 2.57. The SMILES string of the molecule is COC1=C(OC)[C@@H]2[C@H]3Cc4cc(OC)c(OC)cc4[C@@]2(CCN3C)CC1=O. The van der Waals surface area contributed by atoms with Crippen molar-refractivity contribution >= 4 is 5.78 Å². The number of nitrogens with zero attached hydrogens (tertiary/aromatic N) is 1. The van der Waals surface area contributed by atoms with Crippen molar-refractivity contribution in [1.29, 1.82) is 0 Å². The van der Waals surface area contributed by atoms with E-state index >= 15 is 0 Å². The van der Waals surface area contributed by atoms with Crippen LogP contribution in [0.2, 0.25) is 0 Å². The van der Waals surface area contributed by atoms with Crippen molar-refractivity contribution < 1.29 is 23.7 Å². The van der Waals surface area contributed by atoms with Crippen LogP contribution in [0.15, 0.2) is 23.7 Å². The number of ketones is 1. The van der Waals surface area contributed by atoms with Crippen molar-refractivity contribution in [3.8, 4) is 11.5 Å². The Balaban J connectivity index is 1.98. The number of likely N-dealkylation sites (tertiary alicyclic amines) is 1. The third-order valence-electron chi connectivity index (χ3n) is 6.69. The fourth-order valence-corrected chi connectivity index (χ4v) is 5.47. The molecule has 6 nitrogen and oxygen atoms in total. The van der Waals surface area contributed by atoms with Gasteiger partial charge in [-0.05, 0) is 49.7 Å². The van der Waals surface area contributed by atoms with Gasteiger partial charge in [-0.2, -0.15) is 0 Å². The summed E-state index contributed by atoms with van der Waals surface area (Å²) in [6, 6.07) is 4.39. The first kappa shape index (κ1) is 18.2. The number of piperidine rings is 1. The molecule has 0 saturated carbocycles. The molecule has 0 aromatic heterocycles. The summed E-state index contributed by atoms with van der Waals surface area (Å²) in [7, 11) is 8.64. The van der Waals surface area contributed by atoms with Crippen LogP contribution in [-0.2, 0) is 26.1 Å². The van der Waals surface area contributed by atoms with Crippen molar-refractivity contribution in [2.24, 2.45) is 5.92 Å². The van der Waals surface area contributed by atoms with Gasteiger partial charge in [0.2, 0.25) is 5.78 Å². The lowest BCUT2D eigenvalue weighted by atomic mass is 9.53. The van der Waals surface area contributed by atoms with Crippen molar-refractivity contribution in [3.63, 3.8) is 0 Å². The molecule has 2 bridgehead atoms. The molecule has 1 aliphatic heterocycles. The molecule has 0 N–H and O–H groups in total. The lowest BCUT2D eigenvalue weighted by molar-refractivity contribution is -0.125. The third kappa shape index (κ3) is 2.39. The molecule has 6 heteroatoms. The summed E-state index contributed by atoms with van der Waals surface area (Å²) in [4.78, 5) is 15.4. The van der Waals surface area contributed by atoms with Crippen molar-refractivity contribution in [2.45, 2.75) is 30.7 Å². The van der Waals surface area contributed by atoms with Crippen molar-refractivity contribution in [2.75, 3.05) is 42.0 Å². The number of hydrogen-bond acceptors (Lipinski definition) is 6. The van der Waals surface area contributed by atoms with Crippen LogP contribution in [0.4, 0.5) is 0 Å². The Morgan fingerprint density at radius 1 is 1.04 bits per heavy atom. The van der Waals surface area contributed by atoms with Crippen molar-refractivity contribution in [3.05, 3.63) is 34.8 Å². The molecule has 1 fully saturated rings. The summed E-state index contributed by atoms with van der Waals surface area (Å²) in [5.41, 5.74) is 2.12. The lowest BCUT2D eigenvalue weighted by Gasteiger charge is -2.57. The number of allylic oxidation sites excluding steroid dienone is 1. The maximum atomic E-state index is 13.0. The molecule has 0 amide bonds. The van der Waals surface area contributed by atoms with Crippen LogP contribution in [0, 0.1) is 5.92 Å². The van der Waals surface area contributed by atoms with Gasteiger partial charge < -0.3 is 23.8 Å². The Morgan fingerprint density at radius 2 is 1.74 bits per heavy atom. The number of methoxy groups -OCH3 is 4. The molecule has 27 heavy (non-hydrogen) atoms. The number of carbonyl (C=O) groups excluding carboxylic acids is 1. The van der Waals surface area contributed by atoms with Gasteiger partial charge in [0.15, 0.2) is 17.3 Å². The van der Waals surface area contributed by atoms with E-state index in [-0.39, 0.29) is 23.2 Å². The number of benzene rings is 1. The van der Waals surface area contributed by atoms with Gasteiger partial charge in [-0.15, -0.1) is 0 Å². The number of ether oxygens (including phenoxy) is 4. The molecule has 0 radical (unpaired) electrons. The molecular weight excluding hydrogens is 346 g/mol. The molecular formula is C21H27NO5. The zero-order valence-corrected chi connectivity index (χ0v) is 16.6. The van der Waals surface area contributed by atoms with E-state index in [9.17, 15) is 4.79 Å². The van der Waals surface area contributed by atoms with E-state index in [2.05, 4.69) is 24.1 Å². The second kappa shape index (κ2) is 6.44. The predicted molar refractivity (Wildman–Crippen MR) is 100 cm³/mol. The molecule has 1 aromatic carbocycles.